The Bertz CT molecular complexity index is 969. The number of halogens is 2. The molecule has 0 atom stereocenters. The predicted molar refractivity (Wildman–Crippen MR) is 129 cm³/mol. The Morgan fingerprint density at radius 1 is 1.32 bits per heavy atom. The van der Waals surface area contributed by atoms with Crippen LogP contribution in [-0.4, -0.2) is 52.4 Å². The number of ether oxygens (including phenoxy) is 1. The van der Waals surface area contributed by atoms with E-state index >= 15 is 0 Å². The highest BCUT2D eigenvalue weighted by Crippen LogP contribution is 2.32. The number of thiazole rings is 1. The van der Waals surface area contributed by atoms with Crippen LogP contribution in [0.4, 0.5) is 8.78 Å². The molecule has 184 valence electrons. The Kier molecular flexibility index (Phi) is 8.26. The number of fused-ring (bicyclic) bond motifs is 1. The van der Waals surface area contributed by atoms with E-state index in [4.69, 9.17) is 4.74 Å². The first-order chi connectivity index (χ1) is 16.3. The normalized spacial score (nSPS) is 21.4. The number of pyridine rings is 1. The van der Waals surface area contributed by atoms with Gasteiger partial charge in [-0.3, -0.25) is 14.7 Å². The van der Waals surface area contributed by atoms with Gasteiger partial charge in [-0.15, -0.1) is 0 Å². The average Bonchev–Trinajstić information content (AvgIpc) is 3.24. The van der Waals surface area contributed by atoms with Crippen LogP contribution < -0.4 is 10.1 Å². The van der Waals surface area contributed by atoms with E-state index < -0.39 is 12.5 Å². The third-order valence-corrected chi connectivity index (χ3v) is 7.45. The van der Waals surface area contributed by atoms with Crippen molar-refractivity contribution in [3.8, 4) is 5.19 Å². The zero-order chi connectivity index (χ0) is 24.0. The van der Waals surface area contributed by atoms with Gasteiger partial charge >= 0.3 is 0 Å². The molecule has 0 saturated heterocycles. The Labute approximate surface area is 203 Å². The molecule has 9 heteroatoms. The fourth-order valence-corrected chi connectivity index (χ4v) is 5.42. The van der Waals surface area contributed by atoms with Crippen LogP contribution in [0.2, 0.25) is 0 Å². The van der Waals surface area contributed by atoms with Gasteiger partial charge in [0.05, 0.1) is 11.4 Å². The van der Waals surface area contributed by atoms with E-state index in [1.54, 1.807) is 18.3 Å². The summed E-state index contributed by atoms with van der Waals surface area (Å²) in [6, 6.07) is 5.85. The summed E-state index contributed by atoms with van der Waals surface area (Å²) in [4.78, 5) is 24.4. The SMILES string of the molecule is CC(F)(F)COc1nc2c(s1)CCN(CC[C@H]1CC[C@H](NC(=O)/C=C/c3ccccn3)CC1)C2. The number of alkyl halides is 2. The van der Waals surface area contributed by atoms with E-state index in [9.17, 15) is 13.6 Å². The van der Waals surface area contributed by atoms with Crippen LogP contribution in [0.15, 0.2) is 30.5 Å². The van der Waals surface area contributed by atoms with Gasteiger partial charge in [-0.1, -0.05) is 17.4 Å². The molecule has 3 heterocycles. The van der Waals surface area contributed by atoms with Crippen LogP contribution in [0.5, 0.6) is 5.19 Å². The van der Waals surface area contributed by atoms with Crippen molar-refractivity contribution in [1.29, 1.82) is 0 Å². The minimum absolute atomic E-state index is 0.0625. The Morgan fingerprint density at radius 2 is 2.15 bits per heavy atom. The van der Waals surface area contributed by atoms with E-state index in [1.807, 2.05) is 18.2 Å². The summed E-state index contributed by atoms with van der Waals surface area (Å²) in [6.07, 6.45) is 11.3. The molecule has 34 heavy (non-hydrogen) atoms. The molecule has 0 spiro atoms. The lowest BCUT2D eigenvalue weighted by atomic mass is 9.84. The van der Waals surface area contributed by atoms with Crippen molar-refractivity contribution in [2.45, 2.75) is 64.0 Å². The number of hydrogen-bond acceptors (Lipinski definition) is 6. The lowest BCUT2D eigenvalue weighted by molar-refractivity contribution is -0.117. The lowest BCUT2D eigenvalue weighted by Gasteiger charge is -2.31. The molecule has 1 saturated carbocycles. The van der Waals surface area contributed by atoms with Crippen LogP contribution in [0.1, 0.15) is 55.3 Å². The first-order valence-corrected chi connectivity index (χ1v) is 12.8. The van der Waals surface area contributed by atoms with Crippen LogP contribution in [0.3, 0.4) is 0 Å². The van der Waals surface area contributed by atoms with Gasteiger partial charge in [0.1, 0.15) is 0 Å². The van der Waals surface area contributed by atoms with Gasteiger partial charge in [-0.2, -0.15) is 0 Å². The lowest BCUT2D eigenvalue weighted by Crippen LogP contribution is -2.37. The molecule has 0 bridgehead atoms. The average molecular weight is 491 g/mol. The fraction of sp³-hybridized carbons (Fsp3) is 0.560. The molecule has 0 aromatic carbocycles. The summed E-state index contributed by atoms with van der Waals surface area (Å²) in [6.45, 7) is 2.95. The number of carbonyl (C=O) groups excluding carboxylic acids is 1. The quantitative estimate of drug-likeness (QED) is 0.516. The number of nitrogens with one attached hydrogen (secondary N) is 1. The van der Waals surface area contributed by atoms with Crippen molar-refractivity contribution in [1.82, 2.24) is 20.2 Å². The maximum absolute atomic E-state index is 13.0. The predicted octanol–water partition coefficient (Wildman–Crippen LogP) is 4.71. The number of carbonyl (C=O) groups is 1. The second kappa shape index (κ2) is 11.4. The Hall–Kier alpha value is -2.39. The highest BCUT2D eigenvalue weighted by Gasteiger charge is 2.27. The fourth-order valence-electron chi connectivity index (χ4n) is 4.52. The zero-order valence-corrected chi connectivity index (χ0v) is 20.3. The summed E-state index contributed by atoms with van der Waals surface area (Å²) in [5.41, 5.74) is 1.74. The Morgan fingerprint density at radius 3 is 2.88 bits per heavy atom. The van der Waals surface area contributed by atoms with Gasteiger partial charge < -0.3 is 10.1 Å². The smallest absolute Gasteiger partial charge is 0.278 e. The second-order valence-electron chi connectivity index (χ2n) is 9.34. The van der Waals surface area contributed by atoms with Crippen molar-refractivity contribution in [3.05, 3.63) is 46.7 Å². The van der Waals surface area contributed by atoms with E-state index in [0.29, 0.717) is 11.1 Å². The van der Waals surface area contributed by atoms with E-state index in [-0.39, 0.29) is 11.9 Å². The number of hydrogen-bond donors (Lipinski definition) is 1. The standard InChI is InChI=1S/C25H32F2N4O2S/c1-25(26,27)17-33-24-30-21-16-31(15-12-22(21)34-24)14-11-18-5-7-20(8-6-18)29-23(32)10-9-19-4-2-3-13-28-19/h2-4,9-10,13,18,20H,5-8,11-12,14-17H2,1H3,(H,29,32)/b10-9+/t18-,20-. The zero-order valence-electron chi connectivity index (χ0n) is 19.5. The van der Waals surface area contributed by atoms with Crippen molar-refractivity contribution >= 4 is 23.3 Å². The molecule has 4 rings (SSSR count). The molecule has 2 aromatic rings. The number of nitrogens with zero attached hydrogens (tertiary/aromatic N) is 3. The summed E-state index contributed by atoms with van der Waals surface area (Å²) in [7, 11) is 0. The van der Waals surface area contributed by atoms with Crippen molar-refractivity contribution in [2.75, 3.05) is 19.7 Å². The molecule has 1 fully saturated rings. The highest BCUT2D eigenvalue weighted by atomic mass is 32.1. The van der Waals surface area contributed by atoms with Gasteiger partial charge in [-0.25, -0.2) is 13.8 Å². The van der Waals surface area contributed by atoms with E-state index in [2.05, 4.69) is 20.2 Å². The summed E-state index contributed by atoms with van der Waals surface area (Å²) < 4.78 is 31.3. The largest absolute Gasteiger partial charge is 0.464 e. The van der Waals surface area contributed by atoms with Crippen LogP contribution in [-0.2, 0) is 17.8 Å². The van der Waals surface area contributed by atoms with Crippen molar-refractivity contribution in [2.24, 2.45) is 5.92 Å². The maximum Gasteiger partial charge on any atom is 0.278 e. The van der Waals surface area contributed by atoms with Gasteiger partial charge in [0.15, 0.2) is 6.61 Å². The number of rotatable bonds is 9. The first-order valence-electron chi connectivity index (χ1n) is 12.0. The van der Waals surface area contributed by atoms with Gasteiger partial charge in [0, 0.05) is 43.2 Å². The van der Waals surface area contributed by atoms with Gasteiger partial charge in [0.25, 0.3) is 11.1 Å². The topological polar surface area (TPSA) is 67.3 Å². The van der Waals surface area contributed by atoms with Crippen molar-refractivity contribution in [3.63, 3.8) is 0 Å². The molecule has 0 radical (unpaired) electrons. The molecule has 2 aliphatic rings. The third-order valence-electron chi connectivity index (χ3n) is 6.38. The molecular weight excluding hydrogens is 458 g/mol. The minimum Gasteiger partial charge on any atom is -0.464 e. The first kappa shape index (κ1) is 24.7. The molecule has 0 unspecified atom stereocenters. The summed E-state index contributed by atoms with van der Waals surface area (Å²) >= 11 is 1.40. The van der Waals surface area contributed by atoms with Crippen LogP contribution in [0.25, 0.3) is 6.08 Å². The van der Waals surface area contributed by atoms with Crippen LogP contribution in [0, 0.1) is 5.92 Å². The highest BCUT2D eigenvalue weighted by molar-refractivity contribution is 7.13. The third kappa shape index (κ3) is 7.56. The van der Waals surface area contributed by atoms with Gasteiger partial charge in [-0.05, 0) is 69.2 Å². The minimum atomic E-state index is -2.85. The van der Waals surface area contributed by atoms with E-state index in [1.165, 1.54) is 11.3 Å². The summed E-state index contributed by atoms with van der Waals surface area (Å²) in [5, 5.41) is 3.47. The number of aromatic nitrogens is 2. The van der Waals surface area contributed by atoms with Gasteiger partial charge in [0.2, 0.25) is 5.91 Å². The van der Waals surface area contributed by atoms with E-state index in [0.717, 1.165) is 81.3 Å². The van der Waals surface area contributed by atoms with Crippen molar-refractivity contribution < 1.29 is 18.3 Å². The molecule has 1 aliphatic carbocycles. The molecule has 1 N–H and O–H groups in total. The number of amides is 1. The summed E-state index contributed by atoms with van der Waals surface area (Å²) in [5.74, 6) is -2.25. The molecule has 6 nitrogen and oxygen atoms in total. The van der Waals surface area contributed by atoms with Crippen LogP contribution >= 0.6 is 11.3 Å². The maximum atomic E-state index is 13.0. The second-order valence-corrected chi connectivity index (χ2v) is 10.4. The Balaban J connectivity index is 1.15. The molecule has 1 aliphatic heterocycles. The molecule has 1 amide bonds. The molecular formula is C25H32F2N4O2S. The molecule has 2 aromatic heterocycles. The monoisotopic (exact) mass is 490 g/mol.